The predicted octanol–water partition coefficient (Wildman–Crippen LogP) is 2.47. The Labute approximate surface area is 143 Å². The molecule has 0 saturated carbocycles. The van der Waals surface area contributed by atoms with Crippen LogP contribution in [0.5, 0.6) is 5.75 Å². The SMILES string of the molecule is COc1ccc(C(C)=O)cc1CC(=O)NCc1cn2ccsc2n1. The van der Waals surface area contributed by atoms with Crippen LogP contribution < -0.4 is 10.1 Å². The summed E-state index contributed by atoms with van der Waals surface area (Å²) < 4.78 is 7.19. The van der Waals surface area contributed by atoms with Crippen molar-refractivity contribution in [2.75, 3.05) is 7.11 Å². The minimum absolute atomic E-state index is 0.0441. The predicted molar refractivity (Wildman–Crippen MR) is 91.6 cm³/mol. The summed E-state index contributed by atoms with van der Waals surface area (Å²) in [6, 6.07) is 5.11. The Kier molecular flexibility index (Phi) is 4.61. The van der Waals surface area contributed by atoms with Crippen molar-refractivity contribution in [1.82, 2.24) is 14.7 Å². The molecule has 2 heterocycles. The summed E-state index contributed by atoms with van der Waals surface area (Å²) in [6.45, 7) is 1.86. The van der Waals surface area contributed by atoms with Crippen LogP contribution in [-0.2, 0) is 17.8 Å². The van der Waals surface area contributed by atoms with Gasteiger partial charge < -0.3 is 10.1 Å². The van der Waals surface area contributed by atoms with Crippen LogP contribution in [0.2, 0.25) is 0 Å². The maximum atomic E-state index is 12.2. The molecule has 0 fully saturated rings. The minimum Gasteiger partial charge on any atom is -0.496 e. The van der Waals surface area contributed by atoms with E-state index in [-0.39, 0.29) is 18.1 Å². The van der Waals surface area contributed by atoms with E-state index < -0.39 is 0 Å². The summed E-state index contributed by atoms with van der Waals surface area (Å²) in [5, 5.41) is 4.80. The first-order valence-electron chi connectivity index (χ1n) is 7.42. The summed E-state index contributed by atoms with van der Waals surface area (Å²) in [6.07, 6.45) is 3.96. The van der Waals surface area contributed by atoms with Crippen LogP contribution in [0.15, 0.2) is 36.0 Å². The van der Waals surface area contributed by atoms with Gasteiger partial charge in [0.15, 0.2) is 10.7 Å². The van der Waals surface area contributed by atoms with E-state index in [2.05, 4.69) is 10.3 Å². The summed E-state index contributed by atoms with van der Waals surface area (Å²) in [5.74, 6) is 0.403. The zero-order valence-electron chi connectivity index (χ0n) is 13.4. The van der Waals surface area contributed by atoms with Crippen LogP contribution in [0, 0.1) is 0 Å². The molecule has 0 aliphatic heterocycles. The molecule has 0 saturated heterocycles. The molecule has 24 heavy (non-hydrogen) atoms. The second-order valence-corrected chi connectivity index (χ2v) is 6.23. The largest absolute Gasteiger partial charge is 0.496 e. The molecule has 124 valence electrons. The number of ketones is 1. The number of benzene rings is 1. The first kappa shape index (κ1) is 16.2. The highest BCUT2D eigenvalue weighted by atomic mass is 32.1. The first-order valence-corrected chi connectivity index (χ1v) is 8.30. The van der Waals surface area contributed by atoms with Crippen molar-refractivity contribution in [3.05, 3.63) is 52.8 Å². The molecule has 0 atom stereocenters. The Hall–Kier alpha value is -2.67. The third kappa shape index (κ3) is 3.46. The summed E-state index contributed by atoms with van der Waals surface area (Å²) in [5.41, 5.74) is 2.06. The maximum absolute atomic E-state index is 12.2. The van der Waals surface area contributed by atoms with Crippen LogP contribution in [0.1, 0.15) is 28.5 Å². The number of amides is 1. The van der Waals surface area contributed by atoms with Crippen molar-refractivity contribution in [2.45, 2.75) is 19.9 Å². The number of hydrogen-bond acceptors (Lipinski definition) is 5. The standard InChI is InChI=1S/C17H17N3O3S/c1-11(21)12-3-4-15(23-2)13(7-12)8-16(22)18-9-14-10-20-5-6-24-17(20)19-14/h3-7,10H,8-9H2,1-2H3,(H,18,22). The lowest BCUT2D eigenvalue weighted by atomic mass is 10.0. The van der Waals surface area contributed by atoms with Crippen molar-refractivity contribution in [3.63, 3.8) is 0 Å². The number of carbonyl (C=O) groups is 2. The number of aromatic nitrogens is 2. The third-order valence-corrected chi connectivity index (χ3v) is 4.42. The smallest absolute Gasteiger partial charge is 0.224 e. The number of nitrogens with zero attached hydrogens (tertiary/aromatic N) is 2. The normalized spacial score (nSPS) is 10.8. The fraction of sp³-hybridized carbons (Fsp3) is 0.235. The van der Waals surface area contributed by atoms with Crippen LogP contribution in [0.4, 0.5) is 0 Å². The summed E-state index contributed by atoms with van der Waals surface area (Å²) >= 11 is 1.54. The lowest BCUT2D eigenvalue weighted by Crippen LogP contribution is -2.25. The molecule has 7 heteroatoms. The molecular weight excluding hydrogens is 326 g/mol. The van der Waals surface area contributed by atoms with Gasteiger partial charge in [-0.25, -0.2) is 4.98 Å². The molecule has 0 aliphatic rings. The number of imidazole rings is 1. The molecule has 0 unspecified atom stereocenters. The first-order chi connectivity index (χ1) is 11.6. The molecule has 6 nitrogen and oxygen atoms in total. The highest BCUT2D eigenvalue weighted by Crippen LogP contribution is 2.21. The molecule has 1 amide bonds. The average molecular weight is 343 g/mol. The van der Waals surface area contributed by atoms with E-state index in [1.807, 2.05) is 22.2 Å². The molecule has 0 bridgehead atoms. The second-order valence-electron chi connectivity index (χ2n) is 5.36. The number of Topliss-reactive ketones (excluding diaryl/α,β-unsaturated/α-hetero) is 1. The highest BCUT2D eigenvalue weighted by Gasteiger charge is 2.12. The van der Waals surface area contributed by atoms with E-state index in [1.54, 1.807) is 36.6 Å². The molecule has 0 spiro atoms. The lowest BCUT2D eigenvalue weighted by Gasteiger charge is -2.10. The van der Waals surface area contributed by atoms with E-state index in [0.29, 0.717) is 23.4 Å². The number of fused-ring (bicyclic) bond motifs is 1. The fourth-order valence-corrected chi connectivity index (χ4v) is 3.14. The topological polar surface area (TPSA) is 72.7 Å². The zero-order valence-corrected chi connectivity index (χ0v) is 14.2. The Bertz CT molecular complexity index is 869. The van der Waals surface area contributed by atoms with Gasteiger partial charge in [-0.05, 0) is 25.1 Å². The highest BCUT2D eigenvalue weighted by molar-refractivity contribution is 7.15. The van der Waals surface area contributed by atoms with Gasteiger partial charge in [-0.1, -0.05) is 0 Å². The van der Waals surface area contributed by atoms with Crippen molar-refractivity contribution >= 4 is 28.0 Å². The summed E-state index contributed by atoms with van der Waals surface area (Å²) in [4.78, 5) is 29.0. The van der Waals surface area contributed by atoms with Crippen LogP contribution in [0.25, 0.3) is 4.96 Å². The van der Waals surface area contributed by atoms with Crippen LogP contribution in [-0.4, -0.2) is 28.2 Å². The van der Waals surface area contributed by atoms with E-state index in [9.17, 15) is 9.59 Å². The van der Waals surface area contributed by atoms with Crippen molar-refractivity contribution in [3.8, 4) is 5.75 Å². The number of ether oxygens (including phenoxy) is 1. The minimum atomic E-state index is -0.148. The number of nitrogens with one attached hydrogen (secondary N) is 1. The monoisotopic (exact) mass is 343 g/mol. The Balaban J connectivity index is 1.66. The van der Waals surface area contributed by atoms with Gasteiger partial charge in [0.1, 0.15) is 5.75 Å². The second kappa shape index (κ2) is 6.84. The van der Waals surface area contributed by atoms with Gasteiger partial charge in [0.2, 0.25) is 5.91 Å². The van der Waals surface area contributed by atoms with Crippen LogP contribution in [0.3, 0.4) is 0 Å². The van der Waals surface area contributed by atoms with Gasteiger partial charge in [-0.2, -0.15) is 0 Å². The Morgan fingerprint density at radius 2 is 2.21 bits per heavy atom. The molecule has 0 aliphatic carbocycles. The van der Waals surface area contributed by atoms with Crippen molar-refractivity contribution < 1.29 is 14.3 Å². The van der Waals surface area contributed by atoms with Gasteiger partial charge in [-0.3, -0.25) is 14.0 Å². The van der Waals surface area contributed by atoms with Gasteiger partial charge in [0.05, 0.1) is 25.8 Å². The van der Waals surface area contributed by atoms with Crippen LogP contribution >= 0.6 is 11.3 Å². The zero-order chi connectivity index (χ0) is 17.1. The molecule has 0 radical (unpaired) electrons. The third-order valence-electron chi connectivity index (χ3n) is 3.65. The van der Waals surface area contributed by atoms with E-state index in [0.717, 1.165) is 10.7 Å². The molecule has 1 N–H and O–H groups in total. The number of carbonyl (C=O) groups excluding carboxylic acids is 2. The van der Waals surface area contributed by atoms with Gasteiger partial charge in [-0.15, -0.1) is 11.3 Å². The molecule has 2 aromatic heterocycles. The summed E-state index contributed by atoms with van der Waals surface area (Å²) in [7, 11) is 1.54. The van der Waals surface area contributed by atoms with E-state index >= 15 is 0 Å². The Morgan fingerprint density at radius 1 is 1.38 bits per heavy atom. The van der Waals surface area contributed by atoms with E-state index in [1.165, 1.54) is 6.92 Å². The molecular formula is C17H17N3O3S. The van der Waals surface area contributed by atoms with Gasteiger partial charge in [0.25, 0.3) is 0 Å². The number of hydrogen-bond donors (Lipinski definition) is 1. The maximum Gasteiger partial charge on any atom is 0.224 e. The number of rotatable bonds is 6. The molecule has 3 rings (SSSR count). The average Bonchev–Trinajstić information content (AvgIpc) is 3.14. The number of methoxy groups -OCH3 is 1. The Morgan fingerprint density at radius 3 is 2.92 bits per heavy atom. The molecule has 3 aromatic rings. The van der Waals surface area contributed by atoms with E-state index in [4.69, 9.17) is 4.74 Å². The lowest BCUT2D eigenvalue weighted by molar-refractivity contribution is -0.120. The fourth-order valence-electron chi connectivity index (χ4n) is 2.42. The van der Waals surface area contributed by atoms with Crippen molar-refractivity contribution in [1.29, 1.82) is 0 Å². The van der Waals surface area contributed by atoms with Crippen molar-refractivity contribution in [2.24, 2.45) is 0 Å². The number of thiazole rings is 1. The molecule has 1 aromatic carbocycles. The van der Waals surface area contributed by atoms with Gasteiger partial charge >= 0.3 is 0 Å². The quantitative estimate of drug-likeness (QED) is 0.698. The van der Waals surface area contributed by atoms with Gasteiger partial charge in [0, 0.05) is 28.9 Å².